The Bertz CT molecular complexity index is 411. The SMILES string of the molecule is Cc1noc(CON(C(C)C)N(C(C)C)C(C)C)c1Br. The first-order chi connectivity index (χ1) is 9.25. The normalized spacial score (nSPS) is 12.7. The van der Waals surface area contributed by atoms with Crippen molar-refractivity contribution in [2.45, 2.75) is 73.2 Å². The summed E-state index contributed by atoms with van der Waals surface area (Å²) in [5, 5.41) is 8.07. The molecule has 1 aromatic heterocycles. The first-order valence-corrected chi connectivity index (χ1v) is 7.86. The molecule has 0 aliphatic carbocycles. The van der Waals surface area contributed by atoms with Crippen LogP contribution in [0.25, 0.3) is 0 Å². The van der Waals surface area contributed by atoms with Gasteiger partial charge in [-0.25, -0.2) is 5.01 Å². The molecule has 0 bridgehead atoms. The Kier molecular flexibility index (Phi) is 6.64. The van der Waals surface area contributed by atoms with E-state index in [1.165, 1.54) is 0 Å². The predicted molar refractivity (Wildman–Crippen MR) is 82.8 cm³/mol. The molecule has 5 nitrogen and oxygen atoms in total. The molecule has 116 valence electrons. The summed E-state index contributed by atoms with van der Waals surface area (Å²) in [6.07, 6.45) is 0. The van der Waals surface area contributed by atoms with Crippen LogP contribution in [-0.4, -0.2) is 33.5 Å². The molecule has 0 spiro atoms. The Morgan fingerprint density at radius 3 is 2.00 bits per heavy atom. The Hall–Kier alpha value is -0.430. The van der Waals surface area contributed by atoms with Gasteiger partial charge in [0.25, 0.3) is 0 Å². The molecule has 0 aromatic carbocycles. The van der Waals surface area contributed by atoms with E-state index in [4.69, 9.17) is 9.36 Å². The van der Waals surface area contributed by atoms with Gasteiger partial charge in [-0.05, 0) is 64.4 Å². The molecular weight excluding hydrogens is 322 g/mol. The molecule has 0 fully saturated rings. The first kappa shape index (κ1) is 17.6. The number of halogens is 1. The van der Waals surface area contributed by atoms with Crippen molar-refractivity contribution in [1.29, 1.82) is 0 Å². The maximum absolute atomic E-state index is 5.96. The third kappa shape index (κ3) is 4.28. The highest BCUT2D eigenvalue weighted by Gasteiger charge is 2.26. The summed E-state index contributed by atoms with van der Waals surface area (Å²) >= 11 is 3.46. The van der Waals surface area contributed by atoms with Crippen LogP contribution < -0.4 is 0 Å². The monoisotopic (exact) mass is 347 g/mol. The highest BCUT2D eigenvalue weighted by atomic mass is 79.9. The fourth-order valence-electron chi connectivity index (χ4n) is 2.15. The molecule has 1 heterocycles. The van der Waals surface area contributed by atoms with Crippen molar-refractivity contribution >= 4 is 15.9 Å². The third-order valence-corrected chi connectivity index (χ3v) is 3.93. The van der Waals surface area contributed by atoms with E-state index in [0.29, 0.717) is 24.5 Å². The Labute approximate surface area is 130 Å². The molecular formula is C14H26BrN3O2. The van der Waals surface area contributed by atoms with E-state index in [-0.39, 0.29) is 6.04 Å². The minimum absolute atomic E-state index is 0.239. The van der Waals surface area contributed by atoms with E-state index in [0.717, 1.165) is 10.2 Å². The van der Waals surface area contributed by atoms with Crippen LogP contribution in [0.4, 0.5) is 0 Å². The molecule has 6 heteroatoms. The number of aromatic nitrogens is 1. The molecule has 0 amide bonds. The maximum atomic E-state index is 5.96. The Morgan fingerprint density at radius 2 is 1.65 bits per heavy atom. The third-order valence-electron chi connectivity index (χ3n) is 2.91. The topological polar surface area (TPSA) is 41.7 Å². The van der Waals surface area contributed by atoms with Crippen LogP contribution in [0, 0.1) is 6.92 Å². The van der Waals surface area contributed by atoms with E-state index in [1.807, 2.05) is 12.1 Å². The largest absolute Gasteiger partial charge is 0.357 e. The van der Waals surface area contributed by atoms with Crippen molar-refractivity contribution in [1.82, 2.24) is 15.3 Å². The van der Waals surface area contributed by atoms with Crippen LogP contribution in [0.1, 0.15) is 53.0 Å². The van der Waals surface area contributed by atoms with Gasteiger partial charge in [0.05, 0.1) is 10.2 Å². The van der Waals surface area contributed by atoms with E-state index in [9.17, 15) is 0 Å². The molecule has 20 heavy (non-hydrogen) atoms. The zero-order valence-corrected chi connectivity index (χ0v) is 15.1. The minimum Gasteiger partial charge on any atom is -0.357 e. The van der Waals surface area contributed by atoms with Crippen molar-refractivity contribution in [3.05, 3.63) is 15.9 Å². The average molecular weight is 348 g/mol. The lowest BCUT2D eigenvalue weighted by molar-refractivity contribution is -0.329. The van der Waals surface area contributed by atoms with Crippen LogP contribution >= 0.6 is 15.9 Å². The van der Waals surface area contributed by atoms with Crippen molar-refractivity contribution < 1.29 is 9.36 Å². The van der Waals surface area contributed by atoms with Gasteiger partial charge in [-0.1, -0.05) is 5.16 Å². The minimum atomic E-state index is 0.239. The number of hydroxylamine groups is 1. The molecule has 0 aliphatic rings. The molecule has 0 N–H and O–H groups in total. The molecule has 0 saturated heterocycles. The van der Waals surface area contributed by atoms with Gasteiger partial charge in [0.15, 0.2) is 5.76 Å². The summed E-state index contributed by atoms with van der Waals surface area (Å²) in [5.74, 6) is 0.709. The Morgan fingerprint density at radius 1 is 1.10 bits per heavy atom. The highest BCUT2D eigenvalue weighted by molar-refractivity contribution is 9.10. The average Bonchev–Trinajstić information content (AvgIpc) is 2.64. The zero-order valence-electron chi connectivity index (χ0n) is 13.5. The lowest BCUT2D eigenvalue weighted by Gasteiger charge is -2.41. The van der Waals surface area contributed by atoms with Gasteiger partial charge in [-0.15, -0.1) is 5.17 Å². The lowest BCUT2D eigenvalue weighted by atomic mass is 10.3. The van der Waals surface area contributed by atoms with Gasteiger partial charge in [-0.2, -0.15) is 0 Å². The Balaban J connectivity index is 2.79. The number of hydrazine groups is 1. The first-order valence-electron chi connectivity index (χ1n) is 7.06. The smallest absolute Gasteiger partial charge is 0.178 e. The van der Waals surface area contributed by atoms with Crippen LogP contribution in [0.5, 0.6) is 0 Å². The summed E-state index contributed by atoms with van der Waals surface area (Å²) in [6, 6.07) is 0.956. The number of rotatable bonds is 7. The standard InChI is InChI=1S/C14H26BrN3O2/c1-9(2)17(10(3)4)18(11(5)6)19-8-13-14(15)12(7)16-20-13/h9-11H,8H2,1-7H3. The second kappa shape index (κ2) is 7.54. The molecule has 0 radical (unpaired) electrons. The van der Waals surface area contributed by atoms with Gasteiger partial charge < -0.3 is 4.52 Å². The fourth-order valence-corrected chi connectivity index (χ4v) is 2.41. The lowest BCUT2D eigenvalue weighted by Crippen LogP contribution is -2.53. The summed E-state index contributed by atoms with van der Waals surface area (Å²) in [5.41, 5.74) is 0.837. The summed E-state index contributed by atoms with van der Waals surface area (Å²) in [7, 11) is 0. The van der Waals surface area contributed by atoms with E-state index < -0.39 is 0 Å². The zero-order chi connectivity index (χ0) is 15.4. The van der Waals surface area contributed by atoms with Gasteiger partial charge in [0, 0.05) is 18.1 Å². The van der Waals surface area contributed by atoms with E-state index >= 15 is 0 Å². The summed E-state index contributed by atoms with van der Waals surface area (Å²) in [6.45, 7) is 15.1. The second-order valence-corrected chi connectivity index (χ2v) is 6.54. The summed E-state index contributed by atoms with van der Waals surface area (Å²) in [4.78, 5) is 5.96. The van der Waals surface area contributed by atoms with Crippen LogP contribution in [0.2, 0.25) is 0 Å². The van der Waals surface area contributed by atoms with E-state index in [1.54, 1.807) is 0 Å². The van der Waals surface area contributed by atoms with Gasteiger partial charge in [-0.3, -0.25) is 4.84 Å². The number of aryl methyl sites for hydroxylation is 1. The van der Waals surface area contributed by atoms with Crippen molar-refractivity contribution in [2.24, 2.45) is 0 Å². The quantitative estimate of drug-likeness (QED) is 0.699. The molecule has 1 rings (SSSR count). The van der Waals surface area contributed by atoms with Crippen molar-refractivity contribution in [2.75, 3.05) is 0 Å². The molecule has 0 atom stereocenters. The number of hydrogen-bond acceptors (Lipinski definition) is 5. The molecule has 0 saturated carbocycles. The fraction of sp³-hybridized carbons (Fsp3) is 0.786. The number of hydrogen-bond donors (Lipinski definition) is 0. The van der Waals surface area contributed by atoms with Gasteiger partial charge in [0.1, 0.15) is 6.61 Å². The number of nitrogens with zero attached hydrogens (tertiary/aromatic N) is 3. The summed E-state index contributed by atoms with van der Waals surface area (Å²) < 4.78 is 6.14. The van der Waals surface area contributed by atoms with Gasteiger partial charge in [0.2, 0.25) is 0 Å². The second-order valence-electron chi connectivity index (χ2n) is 5.74. The predicted octanol–water partition coefficient (Wildman–Crippen LogP) is 3.92. The highest BCUT2D eigenvalue weighted by Crippen LogP contribution is 2.23. The van der Waals surface area contributed by atoms with Crippen LogP contribution in [0.15, 0.2) is 9.00 Å². The maximum Gasteiger partial charge on any atom is 0.178 e. The van der Waals surface area contributed by atoms with Gasteiger partial charge >= 0.3 is 0 Å². The molecule has 1 aromatic rings. The van der Waals surface area contributed by atoms with E-state index in [2.05, 4.69) is 67.6 Å². The van der Waals surface area contributed by atoms with Crippen LogP contribution in [0.3, 0.4) is 0 Å². The molecule has 0 unspecified atom stereocenters. The van der Waals surface area contributed by atoms with Crippen molar-refractivity contribution in [3.63, 3.8) is 0 Å². The molecule has 0 aliphatic heterocycles. The van der Waals surface area contributed by atoms with Crippen molar-refractivity contribution in [3.8, 4) is 0 Å². The van der Waals surface area contributed by atoms with Crippen LogP contribution in [-0.2, 0) is 11.4 Å².